The van der Waals surface area contributed by atoms with E-state index in [0.717, 1.165) is 4.31 Å². The zero-order chi connectivity index (χ0) is 14.5. The van der Waals surface area contributed by atoms with Crippen LogP contribution in [0, 0.1) is 5.92 Å². The van der Waals surface area contributed by atoms with Crippen molar-refractivity contribution < 1.29 is 28.2 Å². The van der Waals surface area contributed by atoms with Crippen LogP contribution in [0.25, 0.3) is 0 Å². The molecule has 0 aliphatic heterocycles. The Bertz CT molecular complexity index is 396. The van der Waals surface area contributed by atoms with Gasteiger partial charge in [0, 0.05) is 20.2 Å². The second kappa shape index (κ2) is 7.18. The second-order valence-corrected chi connectivity index (χ2v) is 6.73. The van der Waals surface area contributed by atoms with Gasteiger partial charge in [-0.05, 0) is 12.8 Å². The molecule has 2 N–H and O–H groups in total. The fraction of sp³-hybridized carbons (Fsp3) is 0.909. The van der Waals surface area contributed by atoms with Gasteiger partial charge in [-0.15, -0.1) is 0 Å². The number of sulfonamides is 1. The SMILES string of the molecule is COCCN(CCO)S(=O)(=O)C1CCCC1C(=O)O. The Hall–Kier alpha value is -0.700. The highest BCUT2D eigenvalue weighted by Crippen LogP contribution is 2.33. The lowest BCUT2D eigenvalue weighted by atomic mass is 10.1. The zero-order valence-electron chi connectivity index (χ0n) is 11.0. The van der Waals surface area contributed by atoms with Crippen LogP contribution in [0.3, 0.4) is 0 Å². The number of carboxylic acids is 1. The summed E-state index contributed by atoms with van der Waals surface area (Å²) in [4.78, 5) is 11.1. The molecular weight excluding hydrogens is 274 g/mol. The number of nitrogens with zero attached hydrogens (tertiary/aromatic N) is 1. The molecule has 0 aromatic heterocycles. The van der Waals surface area contributed by atoms with Crippen molar-refractivity contribution in [1.82, 2.24) is 4.31 Å². The third kappa shape index (κ3) is 3.88. The molecule has 7 nitrogen and oxygen atoms in total. The third-order valence-electron chi connectivity index (χ3n) is 3.41. The number of aliphatic carboxylic acids is 1. The summed E-state index contributed by atoms with van der Waals surface area (Å²) < 4.78 is 30.9. The van der Waals surface area contributed by atoms with Crippen molar-refractivity contribution in [2.45, 2.75) is 24.5 Å². The molecule has 1 saturated carbocycles. The Kier molecular flexibility index (Phi) is 6.18. The molecule has 0 spiro atoms. The van der Waals surface area contributed by atoms with E-state index in [2.05, 4.69) is 0 Å². The minimum Gasteiger partial charge on any atom is -0.481 e. The van der Waals surface area contributed by atoms with E-state index in [1.165, 1.54) is 7.11 Å². The maximum absolute atomic E-state index is 12.4. The van der Waals surface area contributed by atoms with Crippen LogP contribution in [0.4, 0.5) is 0 Å². The van der Waals surface area contributed by atoms with Crippen molar-refractivity contribution in [3.63, 3.8) is 0 Å². The largest absolute Gasteiger partial charge is 0.481 e. The zero-order valence-corrected chi connectivity index (χ0v) is 11.8. The molecule has 2 atom stereocenters. The monoisotopic (exact) mass is 295 g/mol. The topological polar surface area (TPSA) is 104 Å². The van der Waals surface area contributed by atoms with Crippen LogP contribution in [0.2, 0.25) is 0 Å². The molecule has 1 aliphatic rings. The predicted octanol–water partition coefficient (Wildman–Crippen LogP) is -0.490. The second-order valence-electron chi connectivity index (χ2n) is 4.57. The first-order chi connectivity index (χ1) is 8.95. The van der Waals surface area contributed by atoms with Crippen LogP contribution in [-0.4, -0.2) is 67.6 Å². The van der Waals surface area contributed by atoms with Gasteiger partial charge in [-0.1, -0.05) is 6.42 Å². The molecule has 0 heterocycles. The average molecular weight is 295 g/mol. The summed E-state index contributed by atoms with van der Waals surface area (Å²) >= 11 is 0. The number of carboxylic acid groups (broad SMARTS) is 1. The summed E-state index contributed by atoms with van der Waals surface area (Å²) in [5, 5.41) is 17.1. The van der Waals surface area contributed by atoms with Crippen LogP contribution in [0.5, 0.6) is 0 Å². The van der Waals surface area contributed by atoms with Crippen LogP contribution in [0.15, 0.2) is 0 Å². The molecule has 0 saturated heterocycles. The van der Waals surface area contributed by atoms with Crippen LogP contribution < -0.4 is 0 Å². The maximum Gasteiger partial charge on any atom is 0.307 e. The van der Waals surface area contributed by atoms with Crippen LogP contribution in [-0.2, 0) is 19.6 Å². The standard InChI is InChI=1S/C11H21NO6S/c1-18-8-6-12(5-7-13)19(16,17)10-4-2-3-9(10)11(14)15/h9-10,13H,2-8H2,1H3,(H,14,15). The van der Waals surface area contributed by atoms with Gasteiger partial charge < -0.3 is 14.9 Å². The minimum atomic E-state index is -3.72. The fourth-order valence-electron chi connectivity index (χ4n) is 2.43. The molecule has 1 fully saturated rings. The van der Waals surface area contributed by atoms with E-state index in [1.54, 1.807) is 0 Å². The Labute approximate surface area is 113 Å². The molecule has 1 rings (SSSR count). The van der Waals surface area contributed by atoms with Gasteiger partial charge in [0.05, 0.1) is 24.4 Å². The summed E-state index contributed by atoms with van der Waals surface area (Å²) in [7, 11) is -2.26. The summed E-state index contributed by atoms with van der Waals surface area (Å²) in [6, 6.07) is 0. The quantitative estimate of drug-likeness (QED) is 0.626. The molecule has 0 amide bonds. The number of ether oxygens (including phenoxy) is 1. The van der Waals surface area contributed by atoms with Crippen molar-refractivity contribution in [1.29, 1.82) is 0 Å². The Morgan fingerprint density at radius 3 is 2.58 bits per heavy atom. The Morgan fingerprint density at radius 1 is 1.37 bits per heavy atom. The van der Waals surface area contributed by atoms with Crippen molar-refractivity contribution >= 4 is 16.0 Å². The first kappa shape index (κ1) is 16.4. The minimum absolute atomic E-state index is 0.0332. The van der Waals surface area contributed by atoms with E-state index in [9.17, 15) is 13.2 Å². The van der Waals surface area contributed by atoms with Gasteiger partial charge >= 0.3 is 5.97 Å². The fourth-order valence-corrected chi connectivity index (χ4v) is 4.61. The molecule has 19 heavy (non-hydrogen) atoms. The van der Waals surface area contributed by atoms with Crippen molar-refractivity contribution in [2.75, 3.05) is 33.4 Å². The lowest BCUT2D eigenvalue weighted by Gasteiger charge is -2.26. The number of aliphatic hydroxyl groups is 1. The molecule has 112 valence electrons. The summed E-state index contributed by atoms with van der Waals surface area (Å²) in [5.41, 5.74) is 0. The number of hydrogen-bond donors (Lipinski definition) is 2. The molecule has 0 aromatic carbocycles. The van der Waals surface area contributed by atoms with E-state index in [0.29, 0.717) is 19.3 Å². The number of hydrogen-bond acceptors (Lipinski definition) is 5. The molecular formula is C11H21NO6S. The molecule has 2 unspecified atom stereocenters. The van der Waals surface area contributed by atoms with Crippen LogP contribution >= 0.6 is 0 Å². The highest BCUT2D eigenvalue weighted by Gasteiger charge is 2.44. The van der Waals surface area contributed by atoms with E-state index in [4.69, 9.17) is 14.9 Å². The molecule has 1 aliphatic carbocycles. The number of methoxy groups -OCH3 is 1. The Balaban J connectivity index is 2.88. The summed E-state index contributed by atoms with van der Waals surface area (Å²) in [6.45, 7) is 0.00779. The average Bonchev–Trinajstić information content (AvgIpc) is 2.84. The highest BCUT2D eigenvalue weighted by atomic mass is 32.2. The van der Waals surface area contributed by atoms with Crippen molar-refractivity contribution in [2.24, 2.45) is 5.92 Å². The van der Waals surface area contributed by atoms with E-state index in [1.807, 2.05) is 0 Å². The van der Waals surface area contributed by atoms with Gasteiger partial charge in [-0.2, -0.15) is 4.31 Å². The van der Waals surface area contributed by atoms with Crippen molar-refractivity contribution in [3.8, 4) is 0 Å². The lowest BCUT2D eigenvalue weighted by Crippen LogP contribution is -2.44. The van der Waals surface area contributed by atoms with Gasteiger partial charge in [0.2, 0.25) is 10.0 Å². The smallest absolute Gasteiger partial charge is 0.307 e. The van der Waals surface area contributed by atoms with Gasteiger partial charge in [-0.25, -0.2) is 8.42 Å². The van der Waals surface area contributed by atoms with E-state index in [-0.39, 0.29) is 26.3 Å². The number of aliphatic hydroxyl groups excluding tert-OH is 1. The maximum atomic E-state index is 12.4. The van der Waals surface area contributed by atoms with E-state index >= 15 is 0 Å². The van der Waals surface area contributed by atoms with Crippen LogP contribution in [0.1, 0.15) is 19.3 Å². The summed E-state index contributed by atoms with van der Waals surface area (Å²) in [5.74, 6) is -1.92. The Morgan fingerprint density at radius 2 is 2.05 bits per heavy atom. The van der Waals surface area contributed by atoms with Gasteiger partial charge in [0.15, 0.2) is 0 Å². The first-order valence-electron chi connectivity index (χ1n) is 6.26. The normalized spacial score (nSPS) is 23.9. The number of carbonyl (C=O) groups is 1. The molecule has 0 bridgehead atoms. The van der Waals surface area contributed by atoms with E-state index < -0.39 is 27.2 Å². The van der Waals surface area contributed by atoms with Crippen molar-refractivity contribution in [3.05, 3.63) is 0 Å². The lowest BCUT2D eigenvalue weighted by molar-refractivity contribution is -0.141. The highest BCUT2D eigenvalue weighted by molar-refractivity contribution is 7.89. The first-order valence-corrected chi connectivity index (χ1v) is 7.77. The molecule has 0 radical (unpaired) electrons. The van der Waals surface area contributed by atoms with Gasteiger partial charge in [-0.3, -0.25) is 4.79 Å². The number of rotatable bonds is 8. The van der Waals surface area contributed by atoms with Gasteiger partial charge in [0.1, 0.15) is 0 Å². The molecule has 0 aromatic rings. The van der Waals surface area contributed by atoms with Gasteiger partial charge in [0.25, 0.3) is 0 Å². The molecule has 8 heteroatoms. The third-order valence-corrected chi connectivity index (χ3v) is 5.82. The summed E-state index contributed by atoms with van der Waals surface area (Å²) in [6.07, 6.45) is 1.34. The predicted molar refractivity (Wildman–Crippen MR) is 68.2 cm³/mol.